The van der Waals surface area contributed by atoms with Crippen molar-refractivity contribution in [3.8, 4) is 11.1 Å². The van der Waals surface area contributed by atoms with Gasteiger partial charge in [0.15, 0.2) is 0 Å². The molecule has 2 aromatic rings. The van der Waals surface area contributed by atoms with Crippen LogP contribution in [0.3, 0.4) is 0 Å². The normalized spacial score (nSPS) is 13.2. The van der Waals surface area contributed by atoms with Gasteiger partial charge in [0, 0.05) is 0 Å². The number of rotatable bonds is 1. The summed E-state index contributed by atoms with van der Waals surface area (Å²) in [5.74, 6) is 0. The maximum absolute atomic E-state index is 3.41. The topological polar surface area (TPSA) is 0 Å². The van der Waals surface area contributed by atoms with E-state index in [2.05, 4.69) is 105 Å². The smallest absolute Gasteiger partial charge is 0.0125 e. The van der Waals surface area contributed by atoms with Crippen LogP contribution in [0.4, 0.5) is 0 Å². The Labute approximate surface area is 149 Å². The average molecular weight is 322 g/mol. The summed E-state index contributed by atoms with van der Waals surface area (Å²) in [6, 6.07) is 17.0. The summed E-state index contributed by atoms with van der Waals surface area (Å²) in [7, 11) is 0. The van der Waals surface area contributed by atoms with Crippen LogP contribution in [0.1, 0.15) is 79.0 Å². The molecule has 24 heavy (non-hydrogen) atoms. The van der Waals surface area contributed by atoms with Gasteiger partial charge in [-0.05, 0) is 56.2 Å². The summed E-state index contributed by atoms with van der Waals surface area (Å²) in [6.07, 6.45) is 0. The molecule has 129 valence electrons. The van der Waals surface area contributed by atoms with E-state index in [0.717, 1.165) is 0 Å². The van der Waals surface area contributed by atoms with Gasteiger partial charge in [-0.15, -0.1) is 0 Å². The van der Waals surface area contributed by atoms with Crippen LogP contribution in [0, 0.1) is 6.07 Å². The van der Waals surface area contributed by atoms with E-state index in [1.165, 1.54) is 27.8 Å². The van der Waals surface area contributed by atoms with Crippen LogP contribution in [-0.2, 0) is 16.2 Å². The molecule has 0 fully saturated rings. The van der Waals surface area contributed by atoms with E-state index in [9.17, 15) is 0 Å². The van der Waals surface area contributed by atoms with Crippen molar-refractivity contribution in [3.05, 3.63) is 59.2 Å². The lowest BCUT2D eigenvalue weighted by Gasteiger charge is -2.28. The van der Waals surface area contributed by atoms with Crippen LogP contribution in [0.15, 0.2) is 36.4 Å². The first-order chi connectivity index (χ1) is 10.8. The molecule has 0 N–H and O–H groups in total. The van der Waals surface area contributed by atoms with E-state index in [1.807, 2.05) is 0 Å². The molecule has 0 atom stereocenters. The predicted molar refractivity (Wildman–Crippen MR) is 107 cm³/mol. The van der Waals surface area contributed by atoms with E-state index in [4.69, 9.17) is 0 Å². The van der Waals surface area contributed by atoms with Crippen molar-refractivity contribution >= 4 is 0 Å². The Bertz CT molecular complexity index is 713. The molecule has 0 bridgehead atoms. The standard InChI is InChI=1S/C24H33/c1-22(2,3)18-12-10-11-17(15-18)20-14-13-19(23(4,5)6)16-21(20)24(7,8)9/h10-11,13-16H,1-9H3. The fourth-order valence-electron chi connectivity index (χ4n) is 2.95. The van der Waals surface area contributed by atoms with Crippen LogP contribution >= 0.6 is 0 Å². The molecule has 0 unspecified atom stereocenters. The highest BCUT2D eigenvalue weighted by atomic mass is 14.3. The maximum Gasteiger partial charge on any atom is -0.0125 e. The summed E-state index contributed by atoms with van der Waals surface area (Å²) in [6.45, 7) is 20.5. The van der Waals surface area contributed by atoms with E-state index >= 15 is 0 Å². The molecule has 2 rings (SSSR count). The molecule has 0 saturated carbocycles. The average Bonchev–Trinajstić information content (AvgIpc) is 2.44. The second-order valence-electron chi connectivity index (χ2n) is 10.0. The fraction of sp³-hybridized carbons (Fsp3) is 0.500. The molecular formula is C24H33. The zero-order valence-corrected chi connectivity index (χ0v) is 17.0. The van der Waals surface area contributed by atoms with Crippen molar-refractivity contribution in [1.29, 1.82) is 0 Å². The van der Waals surface area contributed by atoms with Gasteiger partial charge in [0.1, 0.15) is 0 Å². The highest BCUT2D eigenvalue weighted by molar-refractivity contribution is 5.70. The Kier molecular flexibility index (Phi) is 4.74. The van der Waals surface area contributed by atoms with Gasteiger partial charge in [-0.25, -0.2) is 0 Å². The van der Waals surface area contributed by atoms with Gasteiger partial charge in [-0.1, -0.05) is 92.6 Å². The summed E-state index contributed by atoms with van der Waals surface area (Å²) >= 11 is 0. The maximum atomic E-state index is 3.41. The Morgan fingerprint density at radius 1 is 0.667 bits per heavy atom. The Morgan fingerprint density at radius 2 is 1.29 bits per heavy atom. The first-order valence-electron chi connectivity index (χ1n) is 8.98. The van der Waals surface area contributed by atoms with Gasteiger partial charge >= 0.3 is 0 Å². The second-order valence-corrected chi connectivity index (χ2v) is 10.0. The monoisotopic (exact) mass is 321 g/mol. The van der Waals surface area contributed by atoms with Crippen molar-refractivity contribution < 1.29 is 0 Å². The minimum absolute atomic E-state index is 0.109. The molecule has 0 amide bonds. The van der Waals surface area contributed by atoms with Gasteiger partial charge in [-0.2, -0.15) is 0 Å². The second kappa shape index (κ2) is 6.06. The van der Waals surface area contributed by atoms with Gasteiger partial charge in [0.25, 0.3) is 0 Å². The van der Waals surface area contributed by atoms with E-state index in [0.29, 0.717) is 0 Å². The first-order valence-corrected chi connectivity index (χ1v) is 8.98. The molecular weight excluding hydrogens is 288 g/mol. The lowest BCUT2D eigenvalue weighted by Crippen LogP contribution is -2.17. The SMILES string of the molecule is CC(C)(C)c1[c]ccc(-c2ccc(C(C)(C)C)cc2C(C)(C)C)c1. The van der Waals surface area contributed by atoms with Crippen molar-refractivity contribution in [3.63, 3.8) is 0 Å². The van der Waals surface area contributed by atoms with Gasteiger partial charge < -0.3 is 0 Å². The van der Waals surface area contributed by atoms with Crippen LogP contribution < -0.4 is 0 Å². The van der Waals surface area contributed by atoms with Gasteiger partial charge in [0.05, 0.1) is 0 Å². The Morgan fingerprint density at radius 3 is 1.79 bits per heavy atom. The van der Waals surface area contributed by atoms with Crippen molar-refractivity contribution in [1.82, 2.24) is 0 Å². The largest absolute Gasteiger partial charge is 0.0579 e. The van der Waals surface area contributed by atoms with Crippen molar-refractivity contribution in [2.45, 2.75) is 78.6 Å². The third-order valence-electron chi connectivity index (χ3n) is 4.61. The third kappa shape index (κ3) is 4.09. The molecule has 0 saturated heterocycles. The highest BCUT2D eigenvalue weighted by Crippen LogP contribution is 2.37. The zero-order valence-electron chi connectivity index (χ0n) is 17.0. The van der Waals surface area contributed by atoms with Gasteiger partial charge in [-0.3, -0.25) is 0 Å². The van der Waals surface area contributed by atoms with E-state index < -0.39 is 0 Å². The minimum atomic E-state index is 0.109. The Balaban J connectivity index is 2.67. The molecule has 0 heteroatoms. The fourth-order valence-corrected chi connectivity index (χ4v) is 2.95. The highest BCUT2D eigenvalue weighted by Gasteiger charge is 2.23. The molecule has 0 heterocycles. The lowest BCUT2D eigenvalue weighted by atomic mass is 9.76. The molecule has 0 spiro atoms. The van der Waals surface area contributed by atoms with Crippen LogP contribution in [0.2, 0.25) is 0 Å². The summed E-state index contributed by atoms with van der Waals surface area (Å²) in [4.78, 5) is 0. The minimum Gasteiger partial charge on any atom is -0.0579 e. The summed E-state index contributed by atoms with van der Waals surface area (Å²) in [5, 5.41) is 0. The molecule has 0 aromatic heterocycles. The molecule has 1 radical (unpaired) electrons. The van der Waals surface area contributed by atoms with Crippen molar-refractivity contribution in [2.24, 2.45) is 0 Å². The number of hydrogen-bond acceptors (Lipinski definition) is 0. The number of hydrogen-bond donors (Lipinski definition) is 0. The van der Waals surface area contributed by atoms with Crippen LogP contribution in [-0.4, -0.2) is 0 Å². The molecule has 0 aliphatic rings. The molecule has 0 aliphatic carbocycles. The van der Waals surface area contributed by atoms with E-state index in [-0.39, 0.29) is 16.2 Å². The van der Waals surface area contributed by atoms with Crippen LogP contribution in [0.25, 0.3) is 11.1 Å². The molecule has 2 aromatic carbocycles. The zero-order chi connectivity index (χ0) is 18.3. The lowest BCUT2D eigenvalue weighted by molar-refractivity contribution is 0.569. The predicted octanol–water partition coefficient (Wildman–Crippen LogP) is 7.05. The van der Waals surface area contributed by atoms with Crippen molar-refractivity contribution in [2.75, 3.05) is 0 Å². The molecule has 0 nitrogen and oxygen atoms in total. The summed E-state index contributed by atoms with van der Waals surface area (Å²) < 4.78 is 0. The van der Waals surface area contributed by atoms with Crippen LogP contribution in [0.5, 0.6) is 0 Å². The first kappa shape index (κ1) is 18.8. The van der Waals surface area contributed by atoms with Gasteiger partial charge in [0.2, 0.25) is 0 Å². The number of benzene rings is 2. The molecule has 0 aliphatic heterocycles. The quantitative estimate of drug-likeness (QED) is 0.528. The van der Waals surface area contributed by atoms with E-state index in [1.54, 1.807) is 0 Å². The Hall–Kier alpha value is -1.56. The summed E-state index contributed by atoms with van der Waals surface area (Å²) in [5.41, 5.74) is 7.11. The third-order valence-corrected chi connectivity index (χ3v) is 4.61.